The van der Waals surface area contributed by atoms with Gasteiger partial charge < -0.3 is 10.5 Å². The summed E-state index contributed by atoms with van der Waals surface area (Å²) in [5, 5.41) is 8.71. The van der Waals surface area contributed by atoms with E-state index in [-0.39, 0.29) is 17.4 Å². The van der Waals surface area contributed by atoms with Gasteiger partial charge in [0, 0.05) is 6.07 Å². The molecule has 0 fully saturated rings. The highest BCUT2D eigenvalue weighted by atomic mass is 19.1. The van der Waals surface area contributed by atoms with Gasteiger partial charge >= 0.3 is 0 Å². The van der Waals surface area contributed by atoms with E-state index in [4.69, 9.17) is 15.7 Å². The molecule has 0 radical (unpaired) electrons. The molecule has 0 atom stereocenters. The molecule has 14 heavy (non-hydrogen) atoms. The van der Waals surface area contributed by atoms with Gasteiger partial charge in [-0.3, -0.25) is 0 Å². The van der Waals surface area contributed by atoms with E-state index in [0.717, 1.165) is 6.07 Å². The Morgan fingerprint density at radius 1 is 1.50 bits per heavy atom. The molecule has 0 unspecified atom stereocenters. The third kappa shape index (κ3) is 2.13. The fourth-order valence-electron chi connectivity index (χ4n) is 1.01. The lowest BCUT2D eigenvalue weighted by Gasteiger charge is -2.11. The second-order valence-corrected chi connectivity index (χ2v) is 3.15. The maximum absolute atomic E-state index is 13.0. The van der Waals surface area contributed by atoms with Crippen LogP contribution in [0.5, 0.6) is 5.75 Å². The van der Waals surface area contributed by atoms with Gasteiger partial charge in [0.2, 0.25) is 0 Å². The molecule has 0 aliphatic heterocycles. The minimum Gasteiger partial charge on any atom is -0.490 e. The number of nitrogens with two attached hydrogens (primary N) is 1. The van der Waals surface area contributed by atoms with Crippen LogP contribution >= 0.6 is 0 Å². The molecule has 0 saturated heterocycles. The molecule has 0 heterocycles. The molecule has 0 saturated carbocycles. The molecule has 2 N–H and O–H groups in total. The van der Waals surface area contributed by atoms with Crippen LogP contribution in [0.4, 0.5) is 10.1 Å². The van der Waals surface area contributed by atoms with Gasteiger partial charge in [-0.25, -0.2) is 4.39 Å². The molecule has 3 nitrogen and oxygen atoms in total. The molecule has 0 bridgehead atoms. The van der Waals surface area contributed by atoms with Crippen LogP contribution in [0.25, 0.3) is 0 Å². The Morgan fingerprint density at radius 3 is 2.64 bits per heavy atom. The third-order valence-electron chi connectivity index (χ3n) is 1.58. The molecule has 4 heteroatoms. The van der Waals surface area contributed by atoms with E-state index in [1.165, 1.54) is 6.07 Å². The summed E-state index contributed by atoms with van der Waals surface area (Å²) in [6.45, 7) is 3.64. The highest BCUT2D eigenvalue weighted by Gasteiger charge is 2.09. The van der Waals surface area contributed by atoms with Crippen molar-refractivity contribution in [3.05, 3.63) is 23.5 Å². The summed E-state index contributed by atoms with van der Waals surface area (Å²) in [4.78, 5) is 0. The van der Waals surface area contributed by atoms with E-state index in [0.29, 0.717) is 5.75 Å². The van der Waals surface area contributed by atoms with E-state index in [2.05, 4.69) is 0 Å². The van der Waals surface area contributed by atoms with Crippen LogP contribution in [0.15, 0.2) is 12.1 Å². The number of benzene rings is 1. The average molecular weight is 194 g/mol. The Kier molecular flexibility index (Phi) is 2.92. The lowest BCUT2D eigenvalue weighted by atomic mass is 10.2. The minimum absolute atomic E-state index is 0.0142. The van der Waals surface area contributed by atoms with Crippen LogP contribution in [0.2, 0.25) is 0 Å². The summed E-state index contributed by atoms with van der Waals surface area (Å²) < 4.78 is 18.3. The van der Waals surface area contributed by atoms with Crippen molar-refractivity contribution in [2.75, 3.05) is 5.73 Å². The molecule has 74 valence electrons. The number of nitrogens with zero attached hydrogens (tertiary/aromatic N) is 1. The van der Waals surface area contributed by atoms with Crippen LogP contribution in [0.3, 0.4) is 0 Å². The van der Waals surface area contributed by atoms with E-state index in [9.17, 15) is 4.39 Å². The SMILES string of the molecule is CC(C)Oc1cc(N)c(F)cc1C#N. The number of rotatable bonds is 2. The molecule has 1 aromatic carbocycles. The van der Waals surface area contributed by atoms with Crippen molar-refractivity contribution in [3.8, 4) is 11.8 Å². The van der Waals surface area contributed by atoms with Crippen molar-refractivity contribution in [1.82, 2.24) is 0 Å². The predicted octanol–water partition coefficient (Wildman–Crippen LogP) is 2.07. The van der Waals surface area contributed by atoms with Crippen molar-refractivity contribution in [2.24, 2.45) is 0 Å². The number of ether oxygens (including phenoxy) is 1. The molecule has 0 aliphatic rings. The summed E-state index contributed by atoms with van der Waals surface area (Å²) in [6, 6.07) is 4.25. The first-order valence-electron chi connectivity index (χ1n) is 4.20. The fraction of sp³-hybridized carbons (Fsp3) is 0.300. The Morgan fingerprint density at radius 2 is 2.14 bits per heavy atom. The van der Waals surface area contributed by atoms with Gasteiger partial charge in [0.15, 0.2) is 0 Å². The number of halogens is 1. The maximum atomic E-state index is 13.0. The molecular formula is C10H11FN2O. The third-order valence-corrected chi connectivity index (χ3v) is 1.58. The number of hydrogen-bond donors (Lipinski definition) is 1. The second kappa shape index (κ2) is 3.97. The molecule has 0 spiro atoms. The lowest BCUT2D eigenvalue weighted by Crippen LogP contribution is -2.07. The van der Waals surface area contributed by atoms with E-state index < -0.39 is 5.82 Å². The predicted molar refractivity (Wildman–Crippen MR) is 51.3 cm³/mol. The zero-order chi connectivity index (χ0) is 10.7. The summed E-state index contributed by atoms with van der Waals surface area (Å²) in [5.41, 5.74) is 5.50. The summed E-state index contributed by atoms with van der Waals surface area (Å²) in [6.07, 6.45) is -0.0769. The monoisotopic (exact) mass is 194 g/mol. The maximum Gasteiger partial charge on any atom is 0.147 e. The van der Waals surface area contributed by atoms with E-state index in [1.807, 2.05) is 19.9 Å². The molecular weight excluding hydrogens is 183 g/mol. The fourth-order valence-corrected chi connectivity index (χ4v) is 1.01. The van der Waals surface area contributed by atoms with Crippen molar-refractivity contribution in [3.63, 3.8) is 0 Å². The van der Waals surface area contributed by atoms with Crippen LogP contribution in [-0.2, 0) is 0 Å². The average Bonchev–Trinajstić information content (AvgIpc) is 2.10. The van der Waals surface area contributed by atoms with Crippen LogP contribution in [-0.4, -0.2) is 6.10 Å². The highest BCUT2D eigenvalue weighted by molar-refractivity contribution is 5.54. The minimum atomic E-state index is -0.599. The highest BCUT2D eigenvalue weighted by Crippen LogP contribution is 2.24. The normalized spacial score (nSPS) is 9.93. The number of hydrogen-bond acceptors (Lipinski definition) is 3. The largest absolute Gasteiger partial charge is 0.490 e. The number of anilines is 1. The van der Waals surface area contributed by atoms with Crippen LogP contribution in [0.1, 0.15) is 19.4 Å². The van der Waals surface area contributed by atoms with Gasteiger partial charge in [-0.15, -0.1) is 0 Å². The van der Waals surface area contributed by atoms with Gasteiger partial charge in [0.1, 0.15) is 17.6 Å². The van der Waals surface area contributed by atoms with E-state index >= 15 is 0 Å². The van der Waals surface area contributed by atoms with Crippen LogP contribution < -0.4 is 10.5 Å². The second-order valence-electron chi connectivity index (χ2n) is 3.15. The molecule has 1 aromatic rings. The first kappa shape index (κ1) is 10.3. The van der Waals surface area contributed by atoms with Gasteiger partial charge in [-0.05, 0) is 19.9 Å². The van der Waals surface area contributed by atoms with E-state index in [1.54, 1.807) is 0 Å². The standard InChI is InChI=1S/C10H11FN2O/c1-6(2)14-10-4-9(13)8(11)3-7(10)5-12/h3-4,6H,13H2,1-2H3. The van der Waals surface area contributed by atoms with Crippen molar-refractivity contribution in [1.29, 1.82) is 5.26 Å². The zero-order valence-electron chi connectivity index (χ0n) is 8.04. The Labute approximate surface area is 81.9 Å². The molecule has 0 aromatic heterocycles. The van der Waals surface area contributed by atoms with Crippen molar-refractivity contribution >= 4 is 5.69 Å². The van der Waals surface area contributed by atoms with Gasteiger partial charge in [0.05, 0.1) is 17.4 Å². The summed E-state index contributed by atoms with van der Waals surface area (Å²) >= 11 is 0. The smallest absolute Gasteiger partial charge is 0.147 e. The summed E-state index contributed by atoms with van der Waals surface area (Å²) in [5.74, 6) is -0.279. The number of nitrogen functional groups attached to an aromatic ring is 1. The molecule has 1 rings (SSSR count). The van der Waals surface area contributed by atoms with Gasteiger partial charge in [-0.2, -0.15) is 5.26 Å². The zero-order valence-corrected chi connectivity index (χ0v) is 8.04. The number of nitriles is 1. The van der Waals surface area contributed by atoms with Crippen molar-refractivity contribution < 1.29 is 9.13 Å². The first-order valence-corrected chi connectivity index (χ1v) is 4.20. The van der Waals surface area contributed by atoms with Crippen molar-refractivity contribution in [2.45, 2.75) is 20.0 Å². The molecule has 0 amide bonds. The Balaban J connectivity index is 3.15. The summed E-state index contributed by atoms with van der Waals surface area (Å²) in [7, 11) is 0. The quantitative estimate of drug-likeness (QED) is 0.733. The Bertz CT molecular complexity index is 382. The Hall–Kier alpha value is -1.76. The molecule has 0 aliphatic carbocycles. The topological polar surface area (TPSA) is 59.0 Å². The van der Waals surface area contributed by atoms with Crippen LogP contribution in [0, 0.1) is 17.1 Å². The first-order chi connectivity index (χ1) is 6.54. The lowest BCUT2D eigenvalue weighted by molar-refractivity contribution is 0.241. The van der Waals surface area contributed by atoms with Gasteiger partial charge in [0.25, 0.3) is 0 Å². The van der Waals surface area contributed by atoms with Gasteiger partial charge in [-0.1, -0.05) is 0 Å².